The van der Waals surface area contributed by atoms with Crippen LogP contribution in [-0.4, -0.2) is 48.7 Å². The molecule has 1 fully saturated rings. The number of nitrogens with zero attached hydrogens (tertiary/aromatic N) is 1. The molecular weight excluding hydrogens is 313 g/mol. The molecule has 1 saturated heterocycles. The molecule has 0 aliphatic carbocycles. The second kappa shape index (κ2) is 8.06. The SMILES string of the molecule is COCC1(C(=O)O)CCCN(C(=O)CC=Cc2ccc(F)cc2)C1. The van der Waals surface area contributed by atoms with Gasteiger partial charge in [-0.25, -0.2) is 4.39 Å². The molecule has 1 heterocycles. The second-order valence-electron chi connectivity index (χ2n) is 6.10. The van der Waals surface area contributed by atoms with E-state index in [-0.39, 0.29) is 31.3 Å². The van der Waals surface area contributed by atoms with Crippen molar-refractivity contribution in [1.29, 1.82) is 0 Å². The monoisotopic (exact) mass is 335 g/mol. The van der Waals surface area contributed by atoms with Gasteiger partial charge < -0.3 is 14.7 Å². The van der Waals surface area contributed by atoms with Crippen LogP contribution in [0.5, 0.6) is 0 Å². The lowest BCUT2D eigenvalue weighted by atomic mass is 9.80. The summed E-state index contributed by atoms with van der Waals surface area (Å²) in [5.41, 5.74) is -0.217. The molecule has 1 aliphatic heterocycles. The van der Waals surface area contributed by atoms with Crippen molar-refractivity contribution in [2.24, 2.45) is 5.41 Å². The number of carbonyl (C=O) groups excluding carboxylic acids is 1. The summed E-state index contributed by atoms with van der Waals surface area (Å²) in [5.74, 6) is -1.35. The lowest BCUT2D eigenvalue weighted by molar-refractivity contribution is -0.159. The molecule has 1 N–H and O–H groups in total. The normalized spacial score (nSPS) is 21.2. The number of carboxylic acid groups (broad SMARTS) is 1. The van der Waals surface area contributed by atoms with Crippen LogP contribution in [0.15, 0.2) is 30.3 Å². The van der Waals surface area contributed by atoms with Gasteiger partial charge in [0.2, 0.25) is 5.91 Å². The van der Waals surface area contributed by atoms with Crippen LogP contribution in [0.3, 0.4) is 0 Å². The summed E-state index contributed by atoms with van der Waals surface area (Å²) >= 11 is 0. The third-order valence-electron chi connectivity index (χ3n) is 4.28. The highest BCUT2D eigenvalue weighted by Crippen LogP contribution is 2.31. The Balaban J connectivity index is 1.96. The second-order valence-corrected chi connectivity index (χ2v) is 6.10. The maximum absolute atomic E-state index is 12.8. The zero-order valence-electron chi connectivity index (χ0n) is 13.7. The molecule has 2 rings (SSSR count). The van der Waals surface area contributed by atoms with E-state index in [2.05, 4.69) is 0 Å². The van der Waals surface area contributed by atoms with Gasteiger partial charge >= 0.3 is 5.97 Å². The van der Waals surface area contributed by atoms with Crippen LogP contribution in [0.25, 0.3) is 6.08 Å². The van der Waals surface area contributed by atoms with Gasteiger partial charge in [-0.15, -0.1) is 0 Å². The number of methoxy groups -OCH3 is 1. The smallest absolute Gasteiger partial charge is 0.313 e. The van der Waals surface area contributed by atoms with Crippen LogP contribution in [-0.2, 0) is 14.3 Å². The summed E-state index contributed by atoms with van der Waals surface area (Å²) < 4.78 is 17.9. The molecule has 24 heavy (non-hydrogen) atoms. The average Bonchev–Trinajstić information content (AvgIpc) is 2.57. The molecule has 1 amide bonds. The Bertz CT molecular complexity index is 610. The molecule has 1 atom stereocenters. The summed E-state index contributed by atoms with van der Waals surface area (Å²) in [6, 6.07) is 5.98. The van der Waals surface area contributed by atoms with Gasteiger partial charge in [-0.05, 0) is 30.5 Å². The first-order valence-electron chi connectivity index (χ1n) is 7.89. The molecule has 130 valence electrons. The maximum atomic E-state index is 12.8. The predicted molar refractivity (Wildman–Crippen MR) is 87.8 cm³/mol. The van der Waals surface area contributed by atoms with Crippen LogP contribution in [0.4, 0.5) is 4.39 Å². The summed E-state index contributed by atoms with van der Waals surface area (Å²) in [5, 5.41) is 9.50. The zero-order valence-corrected chi connectivity index (χ0v) is 13.7. The molecule has 1 unspecified atom stereocenters. The van der Waals surface area contributed by atoms with Crippen LogP contribution in [0.2, 0.25) is 0 Å². The Morgan fingerprint density at radius 2 is 2.08 bits per heavy atom. The predicted octanol–water partition coefficient (Wildman–Crippen LogP) is 2.57. The molecule has 6 heteroatoms. The minimum Gasteiger partial charge on any atom is -0.481 e. The van der Waals surface area contributed by atoms with Gasteiger partial charge in [0.25, 0.3) is 0 Å². The van der Waals surface area contributed by atoms with E-state index in [1.165, 1.54) is 19.2 Å². The van der Waals surface area contributed by atoms with E-state index in [1.54, 1.807) is 29.2 Å². The number of carbonyl (C=O) groups is 2. The van der Waals surface area contributed by atoms with Crippen LogP contribution in [0, 0.1) is 11.2 Å². The standard InChI is InChI=1S/C18H22FNO4/c1-24-13-18(17(22)23)10-3-11-20(12-18)16(21)5-2-4-14-6-8-15(19)9-7-14/h2,4,6-9H,3,5,10-13H2,1H3,(H,22,23). The largest absolute Gasteiger partial charge is 0.481 e. The van der Waals surface area contributed by atoms with Crippen molar-refractivity contribution in [3.8, 4) is 0 Å². The Kier molecular flexibility index (Phi) is 6.09. The molecular formula is C18H22FNO4. The van der Waals surface area contributed by atoms with Crippen molar-refractivity contribution in [2.45, 2.75) is 19.3 Å². The average molecular weight is 335 g/mol. The van der Waals surface area contributed by atoms with Gasteiger partial charge in [-0.2, -0.15) is 0 Å². The highest BCUT2D eigenvalue weighted by Gasteiger charge is 2.43. The first-order chi connectivity index (χ1) is 11.5. The zero-order chi connectivity index (χ0) is 17.6. The number of rotatable bonds is 6. The number of benzene rings is 1. The van der Waals surface area contributed by atoms with Crippen molar-refractivity contribution in [2.75, 3.05) is 26.8 Å². The lowest BCUT2D eigenvalue weighted by Gasteiger charge is -2.39. The summed E-state index contributed by atoms with van der Waals surface area (Å²) in [6.07, 6.45) is 4.79. The fourth-order valence-corrected chi connectivity index (χ4v) is 2.97. The van der Waals surface area contributed by atoms with Gasteiger partial charge in [0.1, 0.15) is 11.2 Å². The van der Waals surface area contributed by atoms with E-state index in [0.29, 0.717) is 19.4 Å². The number of carboxylic acids is 1. The number of aliphatic carboxylic acids is 1. The molecule has 1 aromatic rings. The maximum Gasteiger partial charge on any atom is 0.313 e. The Labute approximate surface area is 140 Å². The fourth-order valence-electron chi connectivity index (χ4n) is 2.97. The highest BCUT2D eigenvalue weighted by molar-refractivity contribution is 5.81. The number of piperidine rings is 1. The van der Waals surface area contributed by atoms with E-state index in [1.807, 2.05) is 0 Å². The molecule has 0 aromatic heterocycles. The molecule has 0 saturated carbocycles. The lowest BCUT2D eigenvalue weighted by Crippen LogP contribution is -2.52. The van der Waals surface area contributed by atoms with Crippen molar-refractivity contribution in [1.82, 2.24) is 4.90 Å². The number of amides is 1. The molecule has 1 aliphatic rings. The summed E-state index contributed by atoms with van der Waals surface area (Å²) in [7, 11) is 1.47. The first-order valence-corrected chi connectivity index (χ1v) is 7.89. The molecule has 0 spiro atoms. The third-order valence-corrected chi connectivity index (χ3v) is 4.28. The Morgan fingerprint density at radius 1 is 1.38 bits per heavy atom. The van der Waals surface area contributed by atoms with E-state index in [9.17, 15) is 19.1 Å². The molecule has 0 bridgehead atoms. The van der Waals surface area contributed by atoms with Crippen molar-refractivity contribution < 1.29 is 23.8 Å². The van der Waals surface area contributed by atoms with Gasteiger partial charge in [-0.1, -0.05) is 24.3 Å². The van der Waals surface area contributed by atoms with Gasteiger partial charge in [-0.3, -0.25) is 9.59 Å². The van der Waals surface area contributed by atoms with Crippen molar-refractivity contribution in [3.63, 3.8) is 0 Å². The number of halogens is 1. The number of hydrogen-bond donors (Lipinski definition) is 1. The van der Waals surface area contributed by atoms with Gasteiger partial charge in [0.15, 0.2) is 0 Å². The summed E-state index contributed by atoms with van der Waals surface area (Å²) in [6.45, 7) is 0.818. The number of ether oxygens (including phenoxy) is 1. The molecule has 0 radical (unpaired) electrons. The minimum atomic E-state index is -1.02. The van der Waals surface area contributed by atoms with Crippen LogP contribution in [0.1, 0.15) is 24.8 Å². The van der Waals surface area contributed by atoms with Crippen molar-refractivity contribution >= 4 is 18.0 Å². The summed E-state index contributed by atoms with van der Waals surface area (Å²) in [4.78, 5) is 25.5. The van der Waals surface area contributed by atoms with Gasteiger partial charge in [0, 0.05) is 26.6 Å². The topological polar surface area (TPSA) is 66.8 Å². The number of hydrogen-bond acceptors (Lipinski definition) is 3. The van der Waals surface area contributed by atoms with E-state index >= 15 is 0 Å². The van der Waals surface area contributed by atoms with E-state index in [0.717, 1.165) is 5.56 Å². The van der Waals surface area contributed by atoms with Crippen molar-refractivity contribution in [3.05, 3.63) is 41.7 Å². The Morgan fingerprint density at radius 3 is 2.71 bits per heavy atom. The number of likely N-dealkylation sites (tertiary alicyclic amines) is 1. The van der Waals surface area contributed by atoms with Gasteiger partial charge in [0.05, 0.1) is 6.61 Å². The Hall–Kier alpha value is -2.21. The van der Waals surface area contributed by atoms with E-state index in [4.69, 9.17) is 4.74 Å². The molecule has 5 nitrogen and oxygen atoms in total. The fraction of sp³-hybridized carbons (Fsp3) is 0.444. The van der Waals surface area contributed by atoms with Crippen LogP contribution >= 0.6 is 0 Å². The van der Waals surface area contributed by atoms with E-state index < -0.39 is 11.4 Å². The minimum absolute atomic E-state index is 0.0948. The molecule has 1 aromatic carbocycles. The highest BCUT2D eigenvalue weighted by atomic mass is 19.1. The third kappa shape index (κ3) is 4.41. The first kappa shape index (κ1) is 18.1. The quantitative estimate of drug-likeness (QED) is 0.868. The van der Waals surface area contributed by atoms with Crippen LogP contribution < -0.4 is 0 Å².